The largest absolute Gasteiger partial charge is 0.286 e. The maximum atomic E-state index is 9.17. The summed E-state index contributed by atoms with van der Waals surface area (Å²) in [5, 5.41) is 10.0. The molecule has 3 rings (SSSR count). The number of nitriles is 1. The van der Waals surface area contributed by atoms with Crippen LogP contribution in [-0.4, -0.2) is 15.8 Å². The summed E-state index contributed by atoms with van der Waals surface area (Å²) in [7, 11) is 0. The molecule has 0 atom stereocenters. The van der Waals surface area contributed by atoms with Crippen molar-refractivity contribution >= 4 is 28.5 Å². The average molecular weight is 291 g/mol. The Labute approximate surface area is 127 Å². The molecule has 0 saturated carbocycles. The molecule has 0 bridgehead atoms. The summed E-state index contributed by atoms with van der Waals surface area (Å²) in [6.07, 6.45) is 3.57. The van der Waals surface area contributed by atoms with Crippen LogP contribution in [0.15, 0.2) is 65.8 Å². The zero-order chi connectivity index (χ0) is 14.7. The molecule has 0 fully saturated rings. The highest BCUT2D eigenvalue weighted by Gasteiger charge is 2.14. The number of benzene rings is 2. The van der Waals surface area contributed by atoms with Gasteiger partial charge >= 0.3 is 0 Å². The summed E-state index contributed by atoms with van der Waals surface area (Å²) in [5.41, 5.74) is 3.78. The predicted molar refractivity (Wildman–Crippen MR) is 86.9 cm³/mol. The maximum Gasteiger partial charge on any atom is 0.173 e. The predicted octanol–water partition coefficient (Wildman–Crippen LogP) is 4.17. The number of fused-ring (bicyclic) bond motifs is 1. The Balaban J connectivity index is 2.31. The molecular weight excluding hydrogens is 278 g/mol. The van der Waals surface area contributed by atoms with Crippen molar-refractivity contribution in [2.24, 2.45) is 0 Å². The molecule has 102 valence electrons. The van der Waals surface area contributed by atoms with E-state index in [2.05, 4.69) is 11.1 Å². The number of allylic oxidation sites excluding steroid dienone is 1. The van der Waals surface area contributed by atoms with Crippen LogP contribution in [0.3, 0.4) is 0 Å². The van der Waals surface area contributed by atoms with E-state index in [1.54, 1.807) is 17.8 Å². The van der Waals surface area contributed by atoms with Crippen molar-refractivity contribution in [2.45, 2.75) is 5.16 Å². The third-order valence-corrected chi connectivity index (χ3v) is 3.86. The first-order valence-corrected chi connectivity index (χ1v) is 7.74. The molecule has 0 aliphatic heterocycles. The second-order valence-corrected chi connectivity index (χ2v) is 5.22. The number of thioether (sulfide) groups is 1. The lowest BCUT2D eigenvalue weighted by Gasteiger charge is -2.11. The lowest BCUT2D eigenvalue weighted by Crippen LogP contribution is -2.00. The van der Waals surface area contributed by atoms with Crippen LogP contribution >= 0.6 is 11.8 Å². The topological polar surface area (TPSA) is 41.6 Å². The molecule has 0 aliphatic rings. The van der Waals surface area contributed by atoms with Gasteiger partial charge in [0.1, 0.15) is 0 Å². The monoisotopic (exact) mass is 291 g/mol. The zero-order valence-electron chi connectivity index (χ0n) is 11.5. The van der Waals surface area contributed by atoms with E-state index in [1.807, 2.05) is 65.4 Å². The minimum absolute atomic E-state index is 0.844. The van der Waals surface area contributed by atoms with Crippen LogP contribution in [0.25, 0.3) is 16.7 Å². The van der Waals surface area contributed by atoms with Gasteiger partial charge in [0, 0.05) is 6.08 Å². The summed E-state index contributed by atoms with van der Waals surface area (Å²) in [6, 6.07) is 20.0. The number of rotatable bonds is 3. The highest BCUT2D eigenvalue weighted by molar-refractivity contribution is 7.98. The van der Waals surface area contributed by atoms with Crippen molar-refractivity contribution in [3.8, 4) is 6.07 Å². The summed E-state index contributed by atoms with van der Waals surface area (Å²) >= 11 is 1.57. The fourth-order valence-corrected chi connectivity index (χ4v) is 2.89. The maximum absolute atomic E-state index is 9.17. The first kappa shape index (κ1) is 13.5. The van der Waals surface area contributed by atoms with Crippen molar-refractivity contribution in [1.29, 1.82) is 5.26 Å². The molecule has 0 saturated heterocycles. The van der Waals surface area contributed by atoms with Gasteiger partial charge in [-0.2, -0.15) is 5.26 Å². The summed E-state index contributed by atoms with van der Waals surface area (Å²) < 4.78 is 2.04. The van der Waals surface area contributed by atoms with Gasteiger partial charge in [-0.3, -0.25) is 4.57 Å². The van der Waals surface area contributed by atoms with Crippen molar-refractivity contribution in [3.63, 3.8) is 0 Å². The van der Waals surface area contributed by atoms with Crippen molar-refractivity contribution in [2.75, 3.05) is 6.26 Å². The van der Waals surface area contributed by atoms with E-state index < -0.39 is 0 Å². The Bertz CT molecular complexity index is 841. The second-order valence-electron chi connectivity index (χ2n) is 4.45. The lowest BCUT2D eigenvalue weighted by molar-refractivity contribution is 0.943. The van der Waals surface area contributed by atoms with Crippen LogP contribution in [0.1, 0.15) is 5.56 Å². The van der Waals surface area contributed by atoms with Crippen molar-refractivity contribution in [3.05, 3.63) is 66.2 Å². The molecule has 4 heteroatoms. The van der Waals surface area contributed by atoms with E-state index in [-0.39, 0.29) is 0 Å². The molecule has 21 heavy (non-hydrogen) atoms. The van der Waals surface area contributed by atoms with Crippen LogP contribution in [-0.2, 0) is 0 Å². The van der Waals surface area contributed by atoms with Gasteiger partial charge in [-0.15, -0.1) is 0 Å². The number of hydrogen-bond acceptors (Lipinski definition) is 3. The van der Waals surface area contributed by atoms with Gasteiger partial charge in [-0.05, 0) is 24.0 Å². The lowest BCUT2D eigenvalue weighted by atomic mass is 10.1. The van der Waals surface area contributed by atoms with Crippen LogP contribution < -0.4 is 0 Å². The number of aromatic nitrogens is 2. The van der Waals surface area contributed by atoms with E-state index in [4.69, 9.17) is 5.26 Å². The second kappa shape index (κ2) is 5.86. The first-order valence-electron chi connectivity index (χ1n) is 6.52. The Hall–Kier alpha value is -2.51. The van der Waals surface area contributed by atoms with Crippen molar-refractivity contribution in [1.82, 2.24) is 9.55 Å². The standard InChI is InChI=1S/C17H13N3S/c1-21-17-19-14-9-5-6-10-16(14)20(17)15(11-12-18)13-7-3-2-4-8-13/h2-11H,1H3. The first-order chi connectivity index (χ1) is 10.3. The average Bonchev–Trinajstić information content (AvgIpc) is 2.92. The fraction of sp³-hybridized carbons (Fsp3) is 0.0588. The van der Waals surface area contributed by atoms with E-state index in [1.165, 1.54) is 0 Å². The number of hydrogen-bond donors (Lipinski definition) is 0. The number of nitrogens with zero attached hydrogens (tertiary/aromatic N) is 3. The van der Waals surface area contributed by atoms with Gasteiger partial charge in [0.05, 0.1) is 22.8 Å². The van der Waals surface area contributed by atoms with Gasteiger partial charge < -0.3 is 0 Å². The molecule has 0 amide bonds. The summed E-state index contributed by atoms with van der Waals surface area (Å²) in [4.78, 5) is 4.64. The minimum atomic E-state index is 0.844. The zero-order valence-corrected chi connectivity index (χ0v) is 12.3. The number of para-hydroxylation sites is 2. The quantitative estimate of drug-likeness (QED) is 0.537. The van der Waals surface area contributed by atoms with E-state index in [9.17, 15) is 0 Å². The minimum Gasteiger partial charge on any atom is -0.286 e. The molecule has 0 N–H and O–H groups in total. The molecule has 1 heterocycles. The van der Waals surface area contributed by atoms with Crippen LogP contribution in [0.5, 0.6) is 0 Å². The molecule has 1 aromatic heterocycles. The molecule has 0 aliphatic carbocycles. The Morgan fingerprint density at radius 2 is 1.86 bits per heavy atom. The SMILES string of the molecule is CSc1nc2ccccc2n1C(=CC#N)c1ccccc1. The highest BCUT2D eigenvalue weighted by atomic mass is 32.2. The van der Waals surface area contributed by atoms with Gasteiger partial charge in [0.2, 0.25) is 0 Å². The van der Waals surface area contributed by atoms with Gasteiger partial charge in [0.15, 0.2) is 5.16 Å². The van der Waals surface area contributed by atoms with Gasteiger partial charge in [-0.25, -0.2) is 4.98 Å². The normalized spacial score (nSPS) is 11.5. The fourth-order valence-electron chi connectivity index (χ4n) is 2.32. The summed E-state index contributed by atoms with van der Waals surface area (Å²) in [6.45, 7) is 0. The molecule has 0 radical (unpaired) electrons. The third kappa shape index (κ3) is 2.44. The van der Waals surface area contributed by atoms with Crippen molar-refractivity contribution < 1.29 is 0 Å². The van der Waals surface area contributed by atoms with E-state index >= 15 is 0 Å². The number of imidazole rings is 1. The smallest absolute Gasteiger partial charge is 0.173 e. The van der Waals surface area contributed by atoms with E-state index in [0.717, 1.165) is 27.5 Å². The molecule has 2 aromatic carbocycles. The van der Waals surface area contributed by atoms with Gasteiger partial charge in [0.25, 0.3) is 0 Å². The summed E-state index contributed by atoms with van der Waals surface area (Å²) in [5.74, 6) is 0. The Morgan fingerprint density at radius 3 is 2.57 bits per heavy atom. The highest BCUT2D eigenvalue weighted by Crippen LogP contribution is 2.29. The third-order valence-electron chi connectivity index (χ3n) is 3.22. The van der Waals surface area contributed by atoms with Gasteiger partial charge in [-0.1, -0.05) is 54.2 Å². The molecule has 0 unspecified atom stereocenters. The van der Waals surface area contributed by atoms with Crippen LogP contribution in [0.4, 0.5) is 0 Å². The molecule has 0 spiro atoms. The molecular formula is C17H13N3S. The van der Waals surface area contributed by atoms with E-state index in [0.29, 0.717) is 0 Å². The molecule has 3 nitrogen and oxygen atoms in total. The Kier molecular flexibility index (Phi) is 3.76. The molecule has 3 aromatic rings. The van der Waals surface area contributed by atoms with Crippen LogP contribution in [0.2, 0.25) is 0 Å². The van der Waals surface area contributed by atoms with Crippen LogP contribution in [0, 0.1) is 11.3 Å². The Morgan fingerprint density at radius 1 is 1.14 bits per heavy atom.